The van der Waals surface area contributed by atoms with Crippen molar-refractivity contribution in [2.75, 3.05) is 11.9 Å². The molecule has 0 aliphatic carbocycles. The lowest BCUT2D eigenvalue weighted by atomic mass is 10.2. The van der Waals surface area contributed by atoms with Gasteiger partial charge in [0.25, 0.3) is 15.9 Å². The van der Waals surface area contributed by atoms with Crippen LogP contribution in [0.25, 0.3) is 0 Å². The Morgan fingerprint density at radius 3 is 2.77 bits per heavy atom. The molecule has 0 saturated carbocycles. The zero-order valence-electron chi connectivity index (χ0n) is 16.7. The van der Waals surface area contributed by atoms with Gasteiger partial charge in [0.1, 0.15) is 5.84 Å². The van der Waals surface area contributed by atoms with E-state index in [0.29, 0.717) is 23.2 Å². The van der Waals surface area contributed by atoms with E-state index in [2.05, 4.69) is 15.0 Å². The van der Waals surface area contributed by atoms with Crippen LogP contribution in [0.3, 0.4) is 0 Å². The van der Waals surface area contributed by atoms with Crippen molar-refractivity contribution in [3.8, 4) is 6.07 Å². The number of hydrogen-bond acceptors (Lipinski definition) is 7. The minimum Gasteiger partial charge on any atom is -0.453 e. The average molecular weight is 440 g/mol. The maximum Gasteiger partial charge on any atom is 0.306 e. The number of nitriles is 1. The van der Waals surface area contributed by atoms with E-state index in [9.17, 15) is 18.0 Å². The number of hydrogen-bond donors (Lipinski definition) is 2. The summed E-state index contributed by atoms with van der Waals surface area (Å²) < 4.78 is 31.6. The highest BCUT2D eigenvalue weighted by molar-refractivity contribution is 7.90. The van der Waals surface area contributed by atoms with E-state index in [1.54, 1.807) is 36.4 Å². The van der Waals surface area contributed by atoms with Crippen LogP contribution in [0.1, 0.15) is 30.9 Å². The van der Waals surface area contributed by atoms with Gasteiger partial charge in [-0.05, 0) is 43.7 Å². The second kappa shape index (κ2) is 9.40. The summed E-state index contributed by atoms with van der Waals surface area (Å²) in [6, 6.07) is 14.9. The van der Waals surface area contributed by atoms with Crippen molar-refractivity contribution in [2.24, 2.45) is 4.99 Å². The van der Waals surface area contributed by atoms with Gasteiger partial charge in [0.15, 0.2) is 6.10 Å². The van der Waals surface area contributed by atoms with Gasteiger partial charge in [-0.1, -0.05) is 18.2 Å². The molecule has 10 heteroatoms. The molecule has 3 rings (SSSR count). The molecule has 1 atom stereocenters. The summed E-state index contributed by atoms with van der Waals surface area (Å²) in [4.78, 5) is 28.6. The number of nitrogens with one attached hydrogen (secondary N) is 2. The molecule has 0 bridgehead atoms. The second-order valence-electron chi connectivity index (χ2n) is 6.75. The van der Waals surface area contributed by atoms with E-state index in [4.69, 9.17) is 10.00 Å². The number of fused-ring (bicyclic) bond motifs is 1. The van der Waals surface area contributed by atoms with Crippen LogP contribution in [0, 0.1) is 11.3 Å². The first-order chi connectivity index (χ1) is 14.8. The number of benzene rings is 2. The fourth-order valence-electron chi connectivity index (χ4n) is 2.89. The fourth-order valence-corrected chi connectivity index (χ4v) is 4.14. The Morgan fingerprint density at radius 1 is 1.23 bits per heavy atom. The molecule has 0 unspecified atom stereocenters. The Labute approximate surface area is 179 Å². The van der Waals surface area contributed by atoms with Gasteiger partial charge in [-0.15, -0.1) is 0 Å². The average Bonchev–Trinajstić information content (AvgIpc) is 3.01. The van der Waals surface area contributed by atoms with E-state index in [0.717, 1.165) is 0 Å². The number of rotatable bonds is 7. The largest absolute Gasteiger partial charge is 0.453 e. The van der Waals surface area contributed by atoms with Gasteiger partial charge >= 0.3 is 5.97 Å². The number of aliphatic imine (C=N–C) groups is 1. The molecule has 2 aromatic rings. The van der Waals surface area contributed by atoms with E-state index < -0.39 is 28.0 Å². The predicted octanol–water partition coefficient (Wildman–Crippen LogP) is 1.95. The third-order valence-electron chi connectivity index (χ3n) is 4.41. The Kier molecular flexibility index (Phi) is 6.67. The van der Waals surface area contributed by atoms with E-state index >= 15 is 0 Å². The van der Waals surface area contributed by atoms with Crippen molar-refractivity contribution < 1.29 is 22.7 Å². The van der Waals surface area contributed by atoms with Crippen LogP contribution >= 0.6 is 0 Å². The van der Waals surface area contributed by atoms with Crippen LogP contribution in [-0.2, 0) is 24.3 Å². The van der Waals surface area contributed by atoms with Gasteiger partial charge < -0.3 is 10.1 Å². The molecule has 0 spiro atoms. The van der Waals surface area contributed by atoms with Crippen LogP contribution in [0.5, 0.6) is 0 Å². The second-order valence-corrected chi connectivity index (χ2v) is 8.40. The van der Waals surface area contributed by atoms with Crippen molar-refractivity contribution in [3.63, 3.8) is 0 Å². The standard InChI is InChI=1S/C21H20N4O5S/c1-14(21(27)24-16-7-4-6-15(12-16)13-22)30-19(26)10-5-11-23-20-17-8-2-3-9-18(17)31(28,29)25-20/h2-4,6-9,12,14H,5,10-11H2,1H3,(H,23,25)(H,24,27)/t14-/m1/s1. The third kappa shape index (κ3) is 5.46. The lowest BCUT2D eigenvalue weighted by molar-refractivity contribution is -0.153. The number of amides is 1. The lowest BCUT2D eigenvalue weighted by Crippen LogP contribution is -2.30. The predicted molar refractivity (Wildman–Crippen MR) is 113 cm³/mol. The van der Waals surface area contributed by atoms with E-state index in [-0.39, 0.29) is 23.7 Å². The summed E-state index contributed by atoms with van der Waals surface area (Å²) in [7, 11) is -3.60. The summed E-state index contributed by atoms with van der Waals surface area (Å²) in [5, 5.41) is 11.5. The van der Waals surface area contributed by atoms with Crippen LogP contribution in [0.15, 0.2) is 58.4 Å². The maximum atomic E-state index is 12.2. The highest BCUT2D eigenvalue weighted by Gasteiger charge is 2.29. The van der Waals surface area contributed by atoms with Crippen molar-refractivity contribution in [1.82, 2.24) is 4.72 Å². The van der Waals surface area contributed by atoms with Crippen molar-refractivity contribution >= 4 is 33.4 Å². The van der Waals surface area contributed by atoms with Crippen LogP contribution < -0.4 is 10.0 Å². The first-order valence-corrected chi connectivity index (χ1v) is 11.0. The molecular formula is C21H20N4O5S. The molecule has 0 fully saturated rings. The number of anilines is 1. The number of amidine groups is 1. The Hall–Kier alpha value is -3.71. The van der Waals surface area contributed by atoms with Gasteiger partial charge in [0.2, 0.25) is 0 Å². The smallest absolute Gasteiger partial charge is 0.306 e. The molecule has 9 nitrogen and oxygen atoms in total. The Morgan fingerprint density at radius 2 is 2.00 bits per heavy atom. The zero-order valence-corrected chi connectivity index (χ0v) is 17.5. The minimum absolute atomic E-state index is 0.0205. The van der Waals surface area contributed by atoms with Crippen LogP contribution in [0.4, 0.5) is 5.69 Å². The molecule has 1 amide bonds. The lowest BCUT2D eigenvalue weighted by Gasteiger charge is -2.13. The third-order valence-corrected chi connectivity index (χ3v) is 5.81. The van der Waals surface area contributed by atoms with Crippen molar-refractivity contribution in [3.05, 3.63) is 59.7 Å². The molecular weight excluding hydrogens is 420 g/mol. The number of ether oxygens (including phenoxy) is 1. The monoisotopic (exact) mass is 440 g/mol. The van der Waals surface area contributed by atoms with Gasteiger partial charge in [-0.3, -0.25) is 19.3 Å². The van der Waals surface area contributed by atoms with Crippen molar-refractivity contribution in [2.45, 2.75) is 30.8 Å². The Bertz CT molecular complexity index is 1180. The molecule has 31 heavy (non-hydrogen) atoms. The van der Waals surface area contributed by atoms with Gasteiger partial charge in [-0.25, -0.2) is 8.42 Å². The van der Waals surface area contributed by atoms with Gasteiger partial charge in [0, 0.05) is 24.2 Å². The molecule has 160 valence electrons. The maximum absolute atomic E-state index is 12.2. The first kappa shape index (κ1) is 22.0. The number of nitrogens with zero attached hydrogens (tertiary/aromatic N) is 2. The normalized spacial score (nSPS) is 15.9. The minimum atomic E-state index is -3.60. The summed E-state index contributed by atoms with van der Waals surface area (Å²) in [5.74, 6) is -0.835. The van der Waals surface area contributed by atoms with E-state index in [1.807, 2.05) is 6.07 Å². The van der Waals surface area contributed by atoms with Crippen molar-refractivity contribution in [1.29, 1.82) is 5.26 Å². The number of carbonyl (C=O) groups is 2. The molecule has 0 saturated heterocycles. The van der Waals surface area contributed by atoms with E-state index in [1.165, 1.54) is 19.1 Å². The molecule has 2 aromatic carbocycles. The Balaban J connectivity index is 1.47. The summed E-state index contributed by atoms with van der Waals surface area (Å²) in [6.07, 6.45) is -0.671. The molecule has 1 aliphatic heterocycles. The highest BCUT2D eigenvalue weighted by Crippen LogP contribution is 2.22. The summed E-state index contributed by atoms with van der Waals surface area (Å²) in [6.45, 7) is 1.66. The summed E-state index contributed by atoms with van der Waals surface area (Å²) >= 11 is 0. The van der Waals surface area contributed by atoms with Crippen LogP contribution in [-0.4, -0.2) is 38.8 Å². The summed E-state index contributed by atoms with van der Waals surface area (Å²) in [5.41, 5.74) is 1.33. The fraction of sp³-hybridized carbons (Fsp3) is 0.238. The van der Waals surface area contributed by atoms with Gasteiger partial charge in [0.05, 0.1) is 16.5 Å². The zero-order chi connectivity index (χ0) is 22.4. The molecule has 1 heterocycles. The number of esters is 1. The topological polar surface area (TPSA) is 138 Å². The number of sulfonamides is 1. The van der Waals surface area contributed by atoms with Gasteiger partial charge in [-0.2, -0.15) is 5.26 Å². The van der Waals surface area contributed by atoms with Crippen LogP contribution in [0.2, 0.25) is 0 Å². The first-order valence-electron chi connectivity index (χ1n) is 9.47. The quantitative estimate of drug-likeness (QED) is 0.499. The number of carbonyl (C=O) groups excluding carboxylic acids is 2. The molecule has 1 aliphatic rings. The highest BCUT2D eigenvalue weighted by atomic mass is 32.2. The molecule has 0 radical (unpaired) electrons. The molecule has 2 N–H and O–H groups in total. The molecule has 0 aromatic heterocycles. The SMILES string of the molecule is C[C@@H](OC(=O)CCCN=C1NS(=O)(=O)c2ccccc21)C(=O)Nc1cccc(C#N)c1.